The molecule has 0 bridgehead atoms. The molecule has 1 amide bonds. The largest absolute Gasteiger partial charge is 0.478 e. The number of carboxylic acid groups (broad SMARTS) is 1. The van der Waals surface area contributed by atoms with Gasteiger partial charge >= 0.3 is 5.97 Å². The van der Waals surface area contributed by atoms with Gasteiger partial charge in [0.2, 0.25) is 5.91 Å². The zero-order chi connectivity index (χ0) is 15.4. The van der Waals surface area contributed by atoms with Crippen LogP contribution in [0.4, 0.5) is 0 Å². The van der Waals surface area contributed by atoms with Gasteiger partial charge < -0.3 is 20.5 Å². The smallest absolute Gasteiger partial charge is 0.335 e. The number of nitrogens with zero attached hydrogens (tertiary/aromatic N) is 1. The van der Waals surface area contributed by atoms with Crippen LogP contribution in [-0.4, -0.2) is 48.2 Å². The fourth-order valence-electron chi connectivity index (χ4n) is 2.60. The quantitative estimate of drug-likeness (QED) is 0.830. The number of methoxy groups -OCH3 is 1. The Kier molecular flexibility index (Phi) is 4.93. The number of rotatable bonds is 5. The molecule has 1 atom stereocenters. The van der Waals surface area contributed by atoms with Crippen LogP contribution < -0.4 is 5.73 Å². The molecule has 1 heterocycles. The van der Waals surface area contributed by atoms with Crippen LogP contribution in [0.1, 0.15) is 27.9 Å². The summed E-state index contributed by atoms with van der Waals surface area (Å²) in [6.07, 6.45) is 1.02. The average Bonchev–Trinajstić information content (AvgIpc) is 2.50. The highest BCUT2D eigenvalue weighted by Crippen LogP contribution is 2.23. The Hall–Kier alpha value is -1.92. The van der Waals surface area contributed by atoms with Gasteiger partial charge in [-0.05, 0) is 30.0 Å². The molecule has 6 heteroatoms. The Balaban J connectivity index is 2.11. The number of ether oxygens (including phenoxy) is 1. The molecule has 114 valence electrons. The summed E-state index contributed by atoms with van der Waals surface area (Å²) in [5, 5.41) is 9.19. The lowest BCUT2D eigenvalue weighted by molar-refractivity contribution is -0.133. The molecule has 0 aliphatic carbocycles. The second-order valence-corrected chi connectivity index (χ2v) is 5.15. The van der Waals surface area contributed by atoms with E-state index in [4.69, 9.17) is 10.5 Å². The number of hydrogen-bond acceptors (Lipinski definition) is 4. The lowest BCUT2D eigenvalue weighted by atomic mass is 9.94. The van der Waals surface area contributed by atoms with Crippen molar-refractivity contribution in [2.24, 2.45) is 5.73 Å². The van der Waals surface area contributed by atoms with Gasteiger partial charge in [0, 0.05) is 26.8 Å². The number of benzene rings is 1. The second kappa shape index (κ2) is 6.69. The van der Waals surface area contributed by atoms with E-state index in [1.165, 1.54) is 0 Å². The van der Waals surface area contributed by atoms with Crippen molar-refractivity contribution in [1.82, 2.24) is 4.90 Å². The summed E-state index contributed by atoms with van der Waals surface area (Å²) in [4.78, 5) is 25.2. The zero-order valence-electron chi connectivity index (χ0n) is 12.0. The highest BCUT2D eigenvalue weighted by molar-refractivity contribution is 5.90. The number of carbonyl (C=O) groups excluding carboxylic acids is 1. The third-order valence-electron chi connectivity index (χ3n) is 3.76. The molecular weight excluding hydrogens is 272 g/mol. The van der Waals surface area contributed by atoms with Crippen LogP contribution in [0, 0.1) is 0 Å². The molecule has 0 aromatic heterocycles. The molecule has 3 N–H and O–H groups in total. The predicted octanol–water partition coefficient (Wildman–Crippen LogP) is 0.633. The maximum absolute atomic E-state index is 12.3. The van der Waals surface area contributed by atoms with Gasteiger partial charge in [-0.1, -0.05) is 12.1 Å². The predicted molar refractivity (Wildman–Crippen MR) is 77.0 cm³/mol. The van der Waals surface area contributed by atoms with Crippen LogP contribution in [-0.2, 0) is 22.5 Å². The van der Waals surface area contributed by atoms with E-state index in [1.54, 1.807) is 24.1 Å². The van der Waals surface area contributed by atoms with E-state index in [0.29, 0.717) is 38.1 Å². The number of fused-ring (bicyclic) bond motifs is 1. The van der Waals surface area contributed by atoms with Crippen LogP contribution in [0.25, 0.3) is 0 Å². The van der Waals surface area contributed by atoms with E-state index >= 15 is 0 Å². The molecule has 1 aliphatic heterocycles. The van der Waals surface area contributed by atoms with Gasteiger partial charge in [-0.3, -0.25) is 4.79 Å². The summed E-state index contributed by atoms with van der Waals surface area (Å²) >= 11 is 0. The zero-order valence-corrected chi connectivity index (χ0v) is 12.0. The summed E-state index contributed by atoms with van der Waals surface area (Å²) in [6.45, 7) is 1.35. The first-order valence-corrected chi connectivity index (χ1v) is 6.92. The molecule has 6 nitrogen and oxygen atoms in total. The van der Waals surface area contributed by atoms with Crippen LogP contribution >= 0.6 is 0 Å². The molecule has 0 saturated carbocycles. The third-order valence-corrected chi connectivity index (χ3v) is 3.76. The van der Waals surface area contributed by atoms with E-state index in [9.17, 15) is 14.7 Å². The molecule has 1 aromatic rings. The summed E-state index contributed by atoms with van der Waals surface area (Å²) in [5.74, 6) is -1.04. The minimum absolute atomic E-state index is 0.113. The Bertz CT molecular complexity index is 544. The highest BCUT2D eigenvalue weighted by atomic mass is 16.5. The van der Waals surface area contributed by atoms with Gasteiger partial charge in [-0.15, -0.1) is 0 Å². The molecule has 1 aromatic carbocycles. The Morgan fingerprint density at radius 2 is 2.24 bits per heavy atom. The second-order valence-electron chi connectivity index (χ2n) is 5.15. The summed E-state index contributed by atoms with van der Waals surface area (Å²) in [6, 6.07) is 4.60. The van der Waals surface area contributed by atoms with E-state index in [-0.39, 0.29) is 5.91 Å². The van der Waals surface area contributed by atoms with Crippen molar-refractivity contribution in [3.63, 3.8) is 0 Å². The van der Waals surface area contributed by atoms with Gasteiger partial charge in [-0.25, -0.2) is 4.79 Å². The monoisotopic (exact) mass is 292 g/mol. The molecule has 0 radical (unpaired) electrons. The maximum atomic E-state index is 12.3. The topological polar surface area (TPSA) is 92.9 Å². The van der Waals surface area contributed by atoms with Gasteiger partial charge in [0.15, 0.2) is 0 Å². The van der Waals surface area contributed by atoms with E-state index in [2.05, 4.69) is 0 Å². The van der Waals surface area contributed by atoms with Crippen molar-refractivity contribution < 1.29 is 19.4 Å². The van der Waals surface area contributed by atoms with E-state index in [0.717, 1.165) is 11.1 Å². The maximum Gasteiger partial charge on any atom is 0.335 e. The highest BCUT2D eigenvalue weighted by Gasteiger charge is 2.26. The minimum atomic E-state index is -0.927. The third kappa shape index (κ3) is 3.40. The first kappa shape index (κ1) is 15.5. The SMILES string of the molecule is COCCC(N)C(=O)N1CCc2c(cccc2C(=O)O)C1. The summed E-state index contributed by atoms with van der Waals surface area (Å²) in [7, 11) is 1.57. The first-order chi connectivity index (χ1) is 10.0. The van der Waals surface area contributed by atoms with Crippen molar-refractivity contribution in [3.05, 3.63) is 34.9 Å². The molecule has 2 rings (SSSR count). The fraction of sp³-hybridized carbons (Fsp3) is 0.467. The number of nitrogens with two attached hydrogens (primary N) is 1. The molecule has 0 saturated heterocycles. The van der Waals surface area contributed by atoms with Crippen molar-refractivity contribution in [2.75, 3.05) is 20.3 Å². The number of carboxylic acids is 1. The van der Waals surface area contributed by atoms with Crippen LogP contribution in [0.15, 0.2) is 18.2 Å². The van der Waals surface area contributed by atoms with Gasteiger partial charge in [0.25, 0.3) is 0 Å². The van der Waals surface area contributed by atoms with Gasteiger partial charge in [-0.2, -0.15) is 0 Å². The van der Waals surface area contributed by atoms with E-state index in [1.807, 2.05) is 6.07 Å². The molecule has 0 fully saturated rings. The number of aromatic carboxylic acids is 1. The summed E-state index contributed by atoms with van der Waals surface area (Å²) in [5.41, 5.74) is 7.89. The first-order valence-electron chi connectivity index (χ1n) is 6.92. The lowest BCUT2D eigenvalue weighted by Gasteiger charge is -2.31. The van der Waals surface area contributed by atoms with Crippen molar-refractivity contribution >= 4 is 11.9 Å². The van der Waals surface area contributed by atoms with Crippen LogP contribution in [0.3, 0.4) is 0 Å². The molecule has 1 unspecified atom stereocenters. The van der Waals surface area contributed by atoms with E-state index < -0.39 is 12.0 Å². The van der Waals surface area contributed by atoms with Crippen LogP contribution in [0.2, 0.25) is 0 Å². The Morgan fingerprint density at radius 3 is 2.90 bits per heavy atom. The van der Waals surface area contributed by atoms with Gasteiger partial charge in [0.1, 0.15) is 0 Å². The van der Waals surface area contributed by atoms with Crippen molar-refractivity contribution in [2.45, 2.75) is 25.4 Å². The standard InChI is InChI=1S/C15H20N2O4/c1-21-8-6-13(16)14(18)17-7-5-11-10(9-17)3-2-4-12(11)15(19)20/h2-4,13H,5-9,16H2,1H3,(H,19,20). The average molecular weight is 292 g/mol. The number of carbonyl (C=O) groups is 2. The minimum Gasteiger partial charge on any atom is -0.478 e. The molecule has 0 spiro atoms. The summed E-state index contributed by atoms with van der Waals surface area (Å²) < 4.78 is 4.93. The Labute approximate surface area is 123 Å². The normalized spacial score (nSPS) is 15.4. The van der Waals surface area contributed by atoms with Crippen molar-refractivity contribution in [3.8, 4) is 0 Å². The molecule has 1 aliphatic rings. The lowest BCUT2D eigenvalue weighted by Crippen LogP contribution is -2.46. The van der Waals surface area contributed by atoms with Crippen LogP contribution in [0.5, 0.6) is 0 Å². The van der Waals surface area contributed by atoms with Crippen molar-refractivity contribution in [1.29, 1.82) is 0 Å². The molecule has 21 heavy (non-hydrogen) atoms. The van der Waals surface area contributed by atoms with Gasteiger partial charge in [0.05, 0.1) is 11.6 Å². The Morgan fingerprint density at radius 1 is 1.48 bits per heavy atom. The molecular formula is C15H20N2O4. The number of amides is 1. The fourth-order valence-corrected chi connectivity index (χ4v) is 2.60. The number of hydrogen-bond donors (Lipinski definition) is 2.